The van der Waals surface area contributed by atoms with Gasteiger partial charge in [0.1, 0.15) is 36.0 Å². The van der Waals surface area contributed by atoms with Crippen molar-refractivity contribution in [3.8, 4) is 5.75 Å². The fraction of sp³-hybridized carbons (Fsp3) is 0.455. The molecule has 0 spiro atoms. The van der Waals surface area contributed by atoms with Crippen LogP contribution in [0.3, 0.4) is 0 Å². The lowest BCUT2D eigenvalue weighted by Crippen LogP contribution is -3.12. The van der Waals surface area contributed by atoms with Crippen LogP contribution in [-0.4, -0.2) is 43.4 Å². The van der Waals surface area contributed by atoms with E-state index in [0.717, 1.165) is 68.0 Å². The number of thiophene rings is 1. The van der Waals surface area contributed by atoms with Gasteiger partial charge in [-0.15, -0.1) is 11.3 Å². The van der Waals surface area contributed by atoms with E-state index in [1.54, 1.807) is 7.11 Å². The number of aromatic nitrogens is 2. The lowest BCUT2D eigenvalue weighted by Gasteiger charge is -2.23. The molecule has 0 atom stereocenters. The first kappa shape index (κ1) is 18.8. The van der Waals surface area contributed by atoms with Gasteiger partial charge in [-0.1, -0.05) is 12.1 Å². The molecular weight excluding hydrogens is 384 g/mol. The minimum absolute atomic E-state index is 0.720. The van der Waals surface area contributed by atoms with Crippen LogP contribution in [0.2, 0.25) is 0 Å². The van der Waals surface area contributed by atoms with E-state index in [-0.39, 0.29) is 0 Å². The molecule has 3 heterocycles. The summed E-state index contributed by atoms with van der Waals surface area (Å²) in [7, 11) is 1.70. The van der Waals surface area contributed by atoms with Crippen molar-refractivity contribution in [1.82, 2.24) is 9.97 Å². The number of morpholine rings is 1. The third-order valence-corrected chi connectivity index (χ3v) is 7.00. The molecule has 1 saturated heterocycles. The van der Waals surface area contributed by atoms with E-state index in [9.17, 15) is 0 Å². The van der Waals surface area contributed by atoms with Crippen molar-refractivity contribution in [3.63, 3.8) is 0 Å². The molecule has 0 unspecified atom stereocenters. The van der Waals surface area contributed by atoms with Gasteiger partial charge < -0.3 is 19.7 Å². The summed E-state index contributed by atoms with van der Waals surface area (Å²) < 4.78 is 10.9. The van der Waals surface area contributed by atoms with E-state index in [1.807, 2.05) is 23.5 Å². The van der Waals surface area contributed by atoms with Crippen LogP contribution in [0, 0.1) is 0 Å². The molecule has 6 nitrogen and oxygen atoms in total. The fourth-order valence-corrected chi connectivity index (χ4v) is 5.56. The van der Waals surface area contributed by atoms with Crippen molar-refractivity contribution in [2.45, 2.75) is 32.4 Å². The first-order valence-corrected chi connectivity index (χ1v) is 11.2. The quantitative estimate of drug-likeness (QED) is 0.651. The molecule has 152 valence electrons. The van der Waals surface area contributed by atoms with Crippen LogP contribution in [0.15, 0.2) is 24.3 Å². The van der Waals surface area contributed by atoms with Gasteiger partial charge in [-0.25, -0.2) is 9.97 Å². The molecule has 7 heteroatoms. The smallest absolute Gasteiger partial charge is 0.187 e. The standard InChI is InChI=1S/C22H26N4O2S/c1-27-16-5-2-4-15(12-16)13-23-21-20-17-6-3-7-18(17)29-22(20)25-19(24-21)14-26-8-10-28-11-9-26/h2,4-5,12H,3,6-11,13-14H2,1H3,(H,23,24,25)/p+1. The number of nitrogens with one attached hydrogen (secondary N) is 2. The van der Waals surface area contributed by atoms with Crippen LogP contribution in [0.4, 0.5) is 5.82 Å². The Hall–Kier alpha value is -2.22. The number of quaternary nitrogens is 1. The second-order valence-electron chi connectivity index (χ2n) is 7.77. The molecule has 5 rings (SSSR count). The number of ether oxygens (including phenoxy) is 2. The van der Waals surface area contributed by atoms with Gasteiger partial charge in [0.05, 0.1) is 25.7 Å². The Kier molecular flexibility index (Phi) is 5.35. The number of hydrogen-bond donors (Lipinski definition) is 2. The summed E-state index contributed by atoms with van der Waals surface area (Å²) in [5.74, 6) is 2.80. The molecule has 0 radical (unpaired) electrons. The summed E-state index contributed by atoms with van der Waals surface area (Å²) in [4.78, 5) is 14.1. The molecule has 2 aromatic heterocycles. The van der Waals surface area contributed by atoms with Crippen molar-refractivity contribution < 1.29 is 14.4 Å². The van der Waals surface area contributed by atoms with Crippen LogP contribution < -0.4 is 15.0 Å². The highest BCUT2D eigenvalue weighted by molar-refractivity contribution is 7.19. The Bertz CT molecular complexity index is 1010. The van der Waals surface area contributed by atoms with E-state index in [2.05, 4.69) is 17.4 Å². The monoisotopic (exact) mass is 411 g/mol. The topological polar surface area (TPSA) is 60.7 Å². The molecule has 2 aliphatic rings. The number of methoxy groups -OCH3 is 1. The molecular formula is C22H27N4O2S+. The van der Waals surface area contributed by atoms with E-state index >= 15 is 0 Å². The lowest BCUT2D eigenvalue weighted by molar-refractivity contribution is -0.922. The number of anilines is 1. The van der Waals surface area contributed by atoms with Gasteiger partial charge >= 0.3 is 0 Å². The van der Waals surface area contributed by atoms with Crippen LogP contribution in [0.25, 0.3) is 10.2 Å². The van der Waals surface area contributed by atoms with Gasteiger partial charge in [0.15, 0.2) is 5.82 Å². The lowest BCUT2D eigenvalue weighted by atomic mass is 10.1. The molecule has 1 aliphatic carbocycles. The Morgan fingerprint density at radius 2 is 2.10 bits per heavy atom. The fourth-order valence-electron chi connectivity index (χ4n) is 4.28. The average molecular weight is 412 g/mol. The van der Waals surface area contributed by atoms with Gasteiger partial charge in [-0.05, 0) is 42.5 Å². The van der Waals surface area contributed by atoms with E-state index < -0.39 is 0 Å². The van der Waals surface area contributed by atoms with Gasteiger partial charge in [0, 0.05) is 11.4 Å². The first-order valence-electron chi connectivity index (χ1n) is 10.4. The zero-order chi connectivity index (χ0) is 19.6. The molecule has 0 bridgehead atoms. The third-order valence-electron chi connectivity index (χ3n) is 5.81. The summed E-state index contributed by atoms with van der Waals surface area (Å²) in [5.41, 5.74) is 2.65. The highest BCUT2D eigenvalue weighted by Gasteiger charge is 2.24. The maximum atomic E-state index is 5.50. The van der Waals surface area contributed by atoms with Crippen LogP contribution in [-0.2, 0) is 30.7 Å². The number of aryl methyl sites for hydroxylation is 2. The minimum atomic E-state index is 0.720. The molecule has 29 heavy (non-hydrogen) atoms. The SMILES string of the molecule is COc1cccc(CNc2nc(C[NH+]3CCOCC3)nc3sc4c(c23)CCC4)c1. The van der Waals surface area contributed by atoms with Gasteiger partial charge in [0.25, 0.3) is 0 Å². The molecule has 0 amide bonds. The van der Waals surface area contributed by atoms with E-state index in [4.69, 9.17) is 19.4 Å². The number of hydrogen-bond acceptors (Lipinski definition) is 6. The number of fused-ring (bicyclic) bond motifs is 3. The second-order valence-corrected chi connectivity index (χ2v) is 8.85. The van der Waals surface area contributed by atoms with E-state index in [1.165, 1.54) is 39.1 Å². The van der Waals surface area contributed by atoms with Gasteiger partial charge in [-0.2, -0.15) is 0 Å². The van der Waals surface area contributed by atoms with Gasteiger partial charge in [0.2, 0.25) is 0 Å². The predicted octanol–water partition coefficient (Wildman–Crippen LogP) is 2.22. The van der Waals surface area contributed by atoms with Crippen molar-refractivity contribution in [3.05, 3.63) is 46.1 Å². The number of rotatable bonds is 6. The molecule has 1 aromatic carbocycles. The number of nitrogens with zero attached hydrogens (tertiary/aromatic N) is 2. The second kappa shape index (κ2) is 8.26. The minimum Gasteiger partial charge on any atom is -0.497 e. The van der Waals surface area contributed by atoms with Crippen LogP contribution in [0.5, 0.6) is 5.75 Å². The normalized spacial score (nSPS) is 16.9. The Balaban J connectivity index is 1.45. The Labute approximate surface area is 174 Å². The maximum Gasteiger partial charge on any atom is 0.187 e. The van der Waals surface area contributed by atoms with Crippen molar-refractivity contribution >= 4 is 27.4 Å². The molecule has 3 aromatic rings. The third kappa shape index (κ3) is 3.95. The Morgan fingerprint density at radius 1 is 1.21 bits per heavy atom. The van der Waals surface area contributed by atoms with E-state index in [0.29, 0.717) is 0 Å². The molecule has 1 fully saturated rings. The largest absolute Gasteiger partial charge is 0.497 e. The van der Waals surface area contributed by atoms with Crippen molar-refractivity contribution in [2.75, 3.05) is 38.7 Å². The maximum absolute atomic E-state index is 5.50. The number of benzene rings is 1. The van der Waals surface area contributed by atoms with Gasteiger partial charge in [-0.3, -0.25) is 0 Å². The summed E-state index contributed by atoms with van der Waals surface area (Å²) in [6, 6.07) is 8.19. The van der Waals surface area contributed by atoms with Crippen molar-refractivity contribution in [1.29, 1.82) is 0 Å². The molecule has 0 saturated carbocycles. The van der Waals surface area contributed by atoms with Crippen LogP contribution >= 0.6 is 11.3 Å². The highest BCUT2D eigenvalue weighted by atomic mass is 32.1. The summed E-state index contributed by atoms with van der Waals surface area (Å²) in [5, 5.41) is 4.86. The predicted molar refractivity (Wildman–Crippen MR) is 115 cm³/mol. The first-order chi connectivity index (χ1) is 14.3. The molecule has 2 N–H and O–H groups in total. The highest BCUT2D eigenvalue weighted by Crippen LogP contribution is 2.39. The zero-order valence-electron chi connectivity index (χ0n) is 16.8. The van der Waals surface area contributed by atoms with Crippen LogP contribution in [0.1, 0.15) is 28.2 Å². The zero-order valence-corrected chi connectivity index (χ0v) is 17.6. The average Bonchev–Trinajstić information content (AvgIpc) is 3.34. The summed E-state index contributed by atoms with van der Waals surface area (Å²) in [6.07, 6.45) is 3.56. The Morgan fingerprint density at radius 3 is 2.97 bits per heavy atom. The summed E-state index contributed by atoms with van der Waals surface area (Å²) in [6.45, 7) is 5.27. The molecule has 1 aliphatic heterocycles. The van der Waals surface area contributed by atoms with Crippen molar-refractivity contribution in [2.24, 2.45) is 0 Å². The summed E-state index contributed by atoms with van der Waals surface area (Å²) >= 11 is 1.86.